The van der Waals surface area contributed by atoms with Gasteiger partial charge in [0.1, 0.15) is 0 Å². The molecule has 0 saturated heterocycles. The standard InChI is InChI=1S/C12H16N2O2S2/c1-17-11(15)13-7-9-4-3-5-10(6-9)8-14-12(16)18-2/h3-6H,7-8H2,1-2H3,(H,13,15)(H,14,16). The van der Waals surface area contributed by atoms with Crippen LogP contribution in [-0.2, 0) is 13.1 Å². The van der Waals surface area contributed by atoms with Crippen LogP contribution in [0.4, 0.5) is 9.59 Å². The van der Waals surface area contributed by atoms with E-state index in [2.05, 4.69) is 10.6 Å². The number of carbonyl (C=O) groups excluding carboxylic acids is 2. The maximum absolute atomic E-state index is 11.1. The van der Waals surface area contributed by atoms with Gasteiger partial charge in [-0.3, -0.25) is 9.59 Å². The Bertz CT molecular complexity index is 389. The van der Waals surface area contributed by atoms with Gasteiger partial charge in [0, 0.05) is 13.1 Å². The van der Waals surface area contributed by atoms with Gasteiger partial charge in [-0.15, -0.1) is 0 Å². The van der Waals surface area contributed by atoms with Crippen molar-refractivity contribution in [1.29, 1.82) is 0 Å². The van der Waals surface area contributed by atoms with Gasteiger partial charge in [-0.1, -0.05) is 47.8 Å². The average molecular weight is 284 g/mol. The van der Waals surface area contributed by atoms with Gasteiger partial charge in [0.2, 0.25) is 0 Å². The summed E-state index contributed by atoms with van der Waals surface area (Å²) >= 11 is 2.31. The Labute approximate surface area is 115 Å². The van der Waals surface area contributed by atoms with E-state index in [9.17, 15) is 9.59 Å². The lowest BCUT2D eigenvalue weighted by Crippen LogP contribution is -2.19. The van der Waals surface area contributed by atoms with E-state index in [1.54, 1.807) is 12.5 Å². The summed E-state index contributed by atoms with van der Waals surface area (Å²) in [6, 6.07) is 7.78. The Morgan fingerprint density at radius 3 is 1.83 bits per heavy atom. The van der Waals surface area contributed by atoms with Crippen LogP contribution in [0.1, 0.15) is 11.1 Å². The number of carbonyl (C=O) groups is 2. The molecule has 0 aliphatic heterocycles. The first-order valence-electron chi connectivity index (χ1n) is 5.37. The Morgan fingerprint density at radius 2 is 1.44 bits per heavy atom. The number of hydrogen-bond acceptors (Lipinski definition) is 4. The quantitative estimate of drug-likeness (QED) is 0.892. The third kappa shape index (κ3) is 5.46. The van der Waals surface area contributed by atoms with Gasteiger partial charge < -0.3 is 10.6 Å². The zero-order valence-electron chi connectivity index (χ0n) is 10.4. The number of rotatable bonds is 4. The second-order valence-electron chi connectivity index (χ2n) is 3.51. The molecule has 0 saturated carbocycles. The van der Waals surface area contributed by atoms with Crippen LogP contribution in [0.25, 0.3) is 0 Å². The molecular formula is C12H16N2O2S2. The fourth-order valence-electron chi connectivity index (χ4n) is 1.34. The zero-order valence-corrected chi connectivity index (χ0v) is 12.0. The van der Waals surface area contributed by atoms with E-state index >= 15 is 0 Å². The highest BCUT2D eigenvalue weighted by molar-refractivity contribution is 8.13. The predicted molar refractivity (Wildman–Crippen MR) is 77.9 cm³/mol. The molecular weight excluding hydrogens is 268 g/mol. The summed E-state index contributed by atoms with van der Waals surface area (Å²) in [6.45, 7) is 1.01. The Morgan fingerprint density at radius 1 is 1.00 bits per heavy atom. The fourth-order valence-corrected chi connectivity index (χ4v) is 1.78. The van der Waals surface area contributed by atoms with Crippen molar-refractivity contribution in [2.45, 2.75) is 13.1 Å². The first-order valence-corrected chi connectivity index (χ1v) is 7.82. The van der Waals surface area contributed by atoms with E-state index < -0.39 is 0 Å². The number of thioether (sulfide) groups is 2. The molecule has 98 valence electrons. The SMILES string of the molecule is CSC(=O)NCc1cccc(CNC(=O)SC)c1. The van der Waals surface area contributed by atoms with Gasteiger partial charge in [-0.05, 0) is 23.6 Å². The van der Waals surface area contributed by atoms with Crippen LogP contribution in [0.5, 0.6) is 0 Å². The summed E-state index contributed by atoms with van der Waals surface area (Å²) in [4.78, 5) is 22.2. The third-order valence-electron chi connectivity index (χ3n) is 2.24. The highest BCUT2D eigenvalue weighted by Gasteiger charge is 2.01. The van der Waals surface area contributed by atoms with Crippen LogP contribution >= 0.6 is 23.5 Å². The maximum Gasteiger partial charge on any atom is 0.279 e. The number of nitrogens with one attached hydrogen (secondary N) is 2. The maximum atomic E-state index is 11.1. The molecule has 0 unspecified atom stereocenters. The van der Waals surface area contributed by atoms with E-state index in [-0.39, 0.29) is 10.5 Å². The number of hydrogen-bond donors (Lipinski definition) is 2. The molecule has 0 heterocycles. The highest BCUT2D eigenvalue weighted by Crippen LogP contribution is 2.06. The zero-order chi connectivity index (χ0) is 13.4. The van der Waals surface area contributed by atoms with Crippen molar-refractivity contribution < 1.29 is 9.59 Å². The molecule has 6 heteroatoms. The van der Waals surface area contributed by atoms with E-state index in [4.69, 9.17) is 0 Å². The predicted octanol–water partition coefficient (Wildman–Crippen LogP) is 2.83. The van der Waals surface area contributed by atoms with Crippen molar-refractivity contribution in [3.05, 3.63) is 35.4 Å². The third-order valence-corrected chi connectivity index (χ3v) is 3.27. The topological polar surface area (TPSA) is 58.2 Å². The van der Waals surface area contributed by atoms with Crippen molar-refractivity contribution in [1.82, 2.24) is 10.6 Å². The highest BCUT2D eigenvalue weighted by atomic mass is 32.2. The molecule has 0 atom stereocenters. The van der Waals surface area contributed by atoms with Crippen molar-refractivity contribution in [3.63, 3.8) is 0 Å². The van der Waals surface area contributed by atoms with Gasteiger partial charge in [0.15, 0.2) is 0 Å². The van der Waals surface area contributed by atoms with Crippen LogP contribution in [-0.4, -0.2) is 23.0 Å². The molecule has 0 aliphatic carbocycles. The molecule has 2 N–H and O–H groups in total. The first kappa shape index (κ1) is 14.9. The number of amides is 2. The average Bonchev–Trinajstić information content (AvgIpc) is 2.42. The summed E-state index contributed by atoms with van der Waals surface area (Å²) in [5, 5.41) is 5.48. The van der Waals surface area contributed by atoms with Crippen molar-refractivity contribution in [2.24, 2.45) is 0 Å². The molecule has 4 nitrogen and oxygen atoms in total. The van der Waals surface area contributed by atoms with Crippen molar-refractivity contribution >= 4 is 34.0 Å². The van der Waals surface area contributed by atoms with E-state index in [0.717, 1.165) is 34.7 Å². The fraction of sp³-hybridized carbons (Fsp3) is 0.333. The Hall–Kier alpha value is -1.14. The smallest absolute Gasteiger partial charge is 0.279 e. The minimum atomic E-state index is -0.0453. The minimum absolute atomic E-state index is 0.0453. The van der Waals surface area contributed by atoms with E-state index in [1.807, 2.05) is 24.3 Å². The van der Waals surface area contributed by atoms with Crippen LogP contribution in [0.2, 0.25) is 0 Å². The molecule has 18 heavy (non-hydrogen) atoms. The lowest BCUT2D eigenvalue weighted by atomic mass is 10.1. The minimum Gasteiger partial charge on any atom is -0.343 e. The summed E-state index contributed by atoms with van der Waals surface area (Å²) in [5.41, 5.74) is 2.04. The molecule has 1 aromatic carbocycles. The summed E-state index contributed by atoms with van der Waals surface area (Å²) < 4.78 is 0. The molecule has 0 bridgehead atoms. The summed E-state index contributed by atoms with van der Waals surface area (Å²) in [7, 11) is 0. The van der Waals surface area contributed by atoms with Gasteiger partial charge >= 0.3 is 0 Å². The van der Waals surface area contributed by atoms with Crippen LogP contribution in [0.15, 0.2) is 24.3 Å². The molecule has 2 amide bonds. The molecule has 0 aliphatic rings. The van der Waals surface area contributed by atoms with Crippen LogP contribution in [0, 0.1) is 0 Å². The Balaban J connectivity index is 2.51. The van der Waals surface area contributed by atoms with Gasteiger partial charge in [-0.2, -0.15) is 0 Å². The van der Waals surface area contributed by atoms with E-state index in [1.165, 1.54) is 0 Å². The Kier molecular flexibility index (Phi) is 6.67. The molecule has 0 radical (unpaired) electrons. The van der Waals surface area contributed by atoms with E-state index in [0.29, 0.717) is 13.1 Å². The molecule has 1 aromatic rings. The van der Waals surface area contributed by atoms with Gasteiger partial charge in [-0.25, -0.2) is 0 Å². The largest absolute Gasteiger partial charge is 0.343 e. The molecule has 0 aromatic heterocycles. The summed E-state index contributed by atoms with van der Waals surface area (Å²) in [6.07, 6.45) is 3.48. The monoisotopic (exact) mass is 284 g/mol. The molecule has 0 spiro atoms. The summed E-state index contributed by atoms with van der Waals surface area (Å²) in [5.74, 6) is 0. The van der Waals surface area contributed by atoms with Crippen LogP contribution in [0.3, 0.4) is 0 Å². The second-order valence-corrected chi connectivity index (χ2v) is 5.07. The molecule has 0 fully saturated rings. The second kappa shape index (κ2) is 8.05. The lowest BCUT2D eigenvalue weighted by molar-refractivity contribution is 0.260. The lowest BCUT2D eigenvalue weighted by Gasteiger charge is -2.07. The van der Waals surface area contributed by atoms with Crippen molar-refractivity contribution in [2.75, 3.05) is 12.5 Å². The first-order chi connectivity index (χ1) is 8.65. The van der Waals surface area contributed by atoms with Crippen molar-refractivity contribution in [3.8, 4) is 0 Å². The molecule has 1 rings (SSSR count). The van der Waals surface area contributed by atoms with Gasteiger partial charge in [0.25, 0.3) is 10.5 Å². The van der Waals surface area contributed by atoms with Crippen LogP contribution < -0.4 is 10.6 Å². The van der Waals surface area contributed by atoms with Gasteiger partial charge in [0.05, 0.1) is 0 Å². The normalized spacial score (nSPS) is 9.89. The number of benzene rings is 1.